The molecule has 0 aliphatic heterocycles. The van der Waals surface area contributed by atoms with Gasteiger partial charge < -0.3 is 19.5 Å². The number of benzene rings is 3. The minimum Gasteiger partial charge on any atom is -0.487 e. The van der Waals surface area contributed by atoms with Crippen LogP contribution in [0.25, 0.3) is 21.8 Å². The summed E-state index contributed by atoms with van der Waals surface area (Å²) in [6, 6.07) is 26.0. The van der Waals surface area contributed by atoms with E-state index in [0.717, 1.165) is 49.4 Å². The summed E-state index contributed by atoms with van der Waals surface area (Å²) in [6.07, 6.45) is 0.423. The van der Waals surface area contributed by atoms with Crippen LogP contribution in [0.4, 0.5) is 0 Å². The van der Waals surface area contributed by atoms with Gasteiger partial charge in [-0.3, -0.25) is 4.79 Å². The number of fused-ring (bicyclic) bond motifs is 2. The highest BCUT2D eigenvalue weighted by Crippen LogP contribution is 2.44. The van der Waals surface area contributed by atoms with Crippen molar-refractivity contribution in [3.63, 3.8) is 0 Å². The second-order valence-electron chi connectivity index (χ2n) is 13.0. The van der Waals surface area contributed by atoms with E-state index >= 15 is 0 Å². The Hall–Kier alpha value is -4.28. The van der Waals surface area contributed by atoms with E-state index in [9.17, 15) is 14.9 Å². The molecule has 1 N–H and O–H groups in total. The van der Waals surface area contributed by atoms with Gasteiger partial charge in [0.2, 0.25) is 5.91 Å². The molecule has 0 atom stereocenters. The Morgan fingerprint density at radius 1 is 1.02 bits per heavy atom. The van der Waals surface area contributed by atoms with Gasteiger partial charge in [-0.25, -0.2) is 4.98 Å². The summed E-state index contributed by atoms with van der Waals surface area (Å²) in [7, 11) is 0. The number of amides is 1. The molecule has 0 spiro atoms. The lowest BCUT2D eigenvalue weighted by Gasteiger charge is -2.26. The molecule has 0 unspecified atom stereocenters. The summed E-state index contributed by atoms with van der Waals surface area (Å²) in [4.78, 5) is 34.2. The van der Waals surface area contributed by atoms with Gasteiger partial charge in [-0.2, -0.15) is 0 Å². The highest BCUT2D eigenvalue weighted by Gasteiger charge is 2.33. The number of hydrogen-bond donors (Lipinski definition) is 1. The number of hydrogen-bond acceptors (Lipinski definition) is 7. The van der Waals surface area contributed by atoms with E-state index in [1.165, 1.54) is 0 Å². The number of nitrogens with zero attached hydrogens (tertiary/aromatic N) is 3. The Morgan fingerprint density at radius 2 is 1.77 bits per heavy atom. The van der Waals surface area contributed by atoms with E-state index in [1.54, 1.807) is 11.8 Å². The second-order valence-corrected chi connectivity index (χ2v) is 15.3. The van der Waals surface area contributed by atoms with Crippen LogP contribution in [0.15, 0.2) is 83.8 Å². The molecule has 0 aliphatic carbocycles. The maximum atomic E-state index is 13.4. The Balaban J connectivity index is 1.53. The fourth-order valence-corrected chi connectivity index (χ4v) is 6.68. The van der Waals surface area contributed by atoms with Crippen molar-refractivity contribution in [3.8, 4) is 5.75 Å². The van der Waals surface area contributed by atoms with Crippen LogP contribution in [0.2, 0.25) is 5.02 Å². The standard InChI is InChI=1S/C36H39ClN4O5S/c1-35(2,3)47-33-29-20-28(45-23-27-15-12-25-8-6-7-9-30(25)39-27)16-17-31(29)40(22-24-10-13-26(37)14-11-24)32(33)21-36(4,5)34(42)38-18-19-46-41(43)44/h6-17,20H,18-19,21-23H2,1-5H3,(H,38,42). The topological polar surface area (TPSA) is 109 Å². The number of ether oxygens (including phenoxy) is 1. The minimum absolute atomic E-state index is 0.0351. The molecule has 5 rings (SSSR count). The zero-order chi connectivity index (χ0) is 33.8. The van der Waals surface area contributed by atoms with Gasteiger partial charge in [0.25, 0.3) is 5.09 Å². The molecule has 47 heavy (non-hydrogen) atoms. The summed E-state index contributed by atoms with van der Waals surface area (Å²) in [5.41, 5.74) is 4.04. The van der Waals surface area contributed by atoms with Gasteiger partial charge in [0.15, 0.2) is 0 Å². The van der Waals surface area contributed by atoms with Crippen LogP contribution in [-0.4, -0.2) is 38.4 Å². The largest absolute Gasteiger partial charge is 0.487 e. The summed E-state index contributed by atoms with van der Waals surface area (Å²) in [5, 5.41) is 15.3. The number of rotatable bonds is 13. The molecule has 5 aromatic rings. The number of para-hydroxylation sites is 1. The van der Waals surface area contributed by atoms with Crippen molar-refractivity contribution < 1.29 is 19.5 Å². The van der Waals surface area contributed by atoms with Gasteiger partial charge in [-0.15, -0.1) is 21.9 Å². The monoisotopic (exact) mass is 674 g/mol. The first kappa shape index (κ1) is 34.1. The average Bonchev–Trinajstić information content (AvgIpc) is 3.28. The lowest BCUT2D eigenvalue weighted by Crippen LogP contribution is -2.40. The van der Waals surface area contributed by atoms with Crippen LogP contribution in [0.3, 0.4) is 0 Å². The molecule has 246 valence electrons. The van der Waals surface area contributed by atoms with Crippen LogP contribution in [0.5, 0.6) is 5.75 Å². The molecule has 2 heterocycles. The fraction of sp³-hybridized carbons (Fsp3) is 0.333. The summed E-state index contributed by atoms with van der Waals surface area (Å²) in [6.45, 7) is 11.0. The molecular weight excluding hydrogens is 636 g/mol. The maximum Gasteiger partial charge on any atom is 0.294 e. The molecule has 11 heteroatoms. The number of aromatic nitrogens is 2. The molecule has 0 fully saturated rings. The van der Waals surface area contributed by atoms with Crippen molar-refractivity contribution in [1.82, 2.24) is 14.9 Å². The normalized spacial score (nSPS) is 12.0. The van der Waals surface area contributed by atoms with E-state index < -0.39 is 10.5 Å². The van der Waals surface area contributed by atoms with Crippen molar-refractivity contribution in [2.75, 3.05) is 13.2 Å². The van der Waals surface area contributed by atoms with Gasteiger partial charge in [0.05, 0.1) is 11.2 Å². The van der Waals surface area contributed by atoms with Crippen molar-refractivity contribution in [3.05, 3.63) is 111 Å². The smallest absolute Gasteiger partial charge is 0.294 e. The van der Waals surface area contributed by atoms with Crippen LogP contribution in [0, 0.1) is 15.5 Å². The van der Waals surface area contributed by atoms with Gasteiger partial charge in [0, 0.05) is 61.6 Å². The number of carbonyl (C=O) groups excluding carboxylic acids is 1. The molecule has 2 aromatic heterocycles. The number of thioether (sulfide) groups is 1. The van der Waals surface area contributed by atoms with Crippen molar-refractivity contribution >= 4 is 51.1 Å². The van der Waals surface area contributed by atoms with Gasteiger partial charge in [-0.05, 0) is 48.0 Å². The number of pyridine rings is 1. The minimum atomic E-state index is -0.862. The molecule has 1 amide bonds. The van der Waals surface area contributed by atoms with Crippen molar-refractivity contribution in [2.24, 2.45) is 5.41 Å². The fourth-order valence-electron chi connectivity index (χ4n) is 5.36. The Labute approximate surface area is 283 Å². The Kier molecular flexibility index (Phi) is 10.3. The molecule has 3 aromatic carbocycles. The number of carbonyl (C=O) groups is 1. The first-order valence-corrected chi connectivity index (χ1v) is 16.6. The first-order valence-electron chi connectivity index (χ1n) is 15.4. The number of nitrogens with one attached hydrogen (secondary N) is 1. The van der Waals surface area contributed by atoms with Crippen LogP contribution < -0.4 is 10.1 Å². The highest BCUT2D eigenvalue weighted by molar-refractivity contribution is 8.00. The quantitative estimate of drug-likeness (QED) is 0.0580. The molecule has 0 saturated carbocycles. The third-order valence-corrected chi connectivity index (χ3v) is 9.13. The molecule has 0 saturated heterocycles. The van der Waals surface area contributed by atoms with Gasteiger partial charge >= 0.3 is 0 Å². The van der Waals surface area contributed by atoms with Crippen LogP contribution in [0.1, 0.15) is 51.6 Å². The first-order chi connectivity index (χ1) is 22.3. The Morgan fingerprint density at radius 3 is 2.49 bits per heavy atom. The third-order valence-electron chi connectivity index (χ3n) is 7.60. The predicted molar refractivity (Wildman–Crippen MR) is 188 cm³/mol. The summed E-state index contributed by atoms with van der Waals surface area (Å²) < 4.78 is 8.44. The third kappa shape index (κ3) is 8.75. The summed E-state index contributed by atoms with van der Waals surface area (Å²) >= 11 is 7.97. The maximum absolute atomic E-state index is 13.4. The molecule has 0 radical (unpaired) electrons. The Bertz CT molecular complexity index is 1900. The van der Waals surface area contributed by atoms with Crippen molar-refractivity contribution in [1.29, 1.82) is 0 Å². The van der Waals surface area contributed by atoms with Gasteiger partial charge in [-0.1, -0.05) is 82.6 Å². The van der Waals surface area contributed by atoms with E-state index in [2.05, 4.69) is 53.7 Å². The number of halogens is 1. The van der Waals surface area contributed by atoms with Crippen LogP contribution >= 0.6 is 23.4 Å². The highest BCUT2D eigenvalue weighted by atomic mass is 35.5. The molecule has 0 aliphatic rings. The van der Waals surface area contributed by atoms with E-state index in [1.807, 2.05) is 74.5 Å². The zero-order valence-corrected chi connectivity index (χ0v) is 28.8. The van der Waals surface area contributed by atoms with Crippen LogP contribution in [-0.2, 0) is 29.2 Å². The molecular formula is C36H39ClN4O5S. The average molecular weight is 675 g/mol. The summed E-state index contributed by atoms with van der Waals surface area (Å²) in [5.74, 6) is 0.507. The second kappa shape index (κ2) is 14.2. The SMILES string of the molecule is CC(C)(C)Sc1c(CC(C)(C)C(=O)NCCO[N+](=O)[O-])n(Cc2ccc(Cl)cc2)c2ccc(OCc3ccc4ccccc4n3)cc12. The zero-order valence-electron chi connectivity index (χ0n) is 27.2. The lowest BCUT2D eigenvalue weighted by molar-refractivity contribution is -0.757. The molecule has 9 nitrogen and oxygen atoms in total. The van der Waals surface area contributed by atoms with E-state index in [-0.39, 0.29) is 23.8 Å². The van der Waals surface area contributed by atoms with E-state index in [4.69, 9.17) is 21.3 Å². The lowest BCUT2D eigenvalue weighted by atomic mass is 9.86. The van der Waals surface area contributed by atoms with Gasteiger partial charge in [0.1, 0.15) is 19.0 Å². The van der Waals surface area contributed by atoms with E-state index in [0.29, 0.717) is 24.6 Å². The predicted octanol–water partition coefficient (Wildman–Crippen LogP) is 8.25. The van der Waals surface area contributed by atoms with Crippen molar-refractivity contribution in [2.45, 2.75) is 63.8 Å². The molecule has 0 bridgehead atoms.